The number of likely N-dealkylation sites (N-methyl/N-ethyl adjacent to an activating group) is 1. The lowest BCUT2D eigenvalue weighted by Gasteiger charge is -2.31. The van der Waals surface area contributed by atoms with Crippen LogP contribution < -0.4 is 11.1 Å². The van der Waals surface area contributed by atoms with Crippen molar-refractivity contribution in [2.75, 3.05) is 37.7 Å². The third kappa shape index (κ3) is 2.80. The molecule has 1 saturated carbocycles. The maximum Gasteiger partial charge on any atom is 0.268 e. The molecule has 3 rings (SSSR count). The predicted octanol–water partition coefficient (Wildman–Crippen LogP) is 0.604. The lowest BCUT2D eigenvalue weighted by atomic mass is 9.93. The van der Waals surface area contributed by atoms with E-state index in [1.165, 1.54) is 17.8 Å². The number of nitrogens with zero attached hydrogens (tertiary/aromatic N) is 3. The maximum atomic E-state index is 12.5. The number of anilines is 2. The van der Waals surface area contributed by atoms with Gasteiger partial charge in [0.25, 0.3) is 5.91 Å². The van der Waals surface area contributed by atoms with Crippen molar-refractivity contribution < 1.29 is 9.59 Å². The standard InChI is InChI=1S/C13H19N5O2S/c1-17-5-6-18(7-9(17)19)12(20)10-11(14)16-13(21-10)15-8-3-2-4-8/h8H,2-7,14H2,1H3,(H,15,16). The molecule has 1 aromatic heterocycles. The quantitative estimate of drug-likeness (QED) is 0.853. The van der Waals surface area contributed by atoms with E-state index in [4.69, 9.17) is 5.73 Å². The summed E-state index contributed by atoms with van der Waals surface area (Å²) in [4.78, 5) is 32.0. The van der Waals surface area contributed by atoms with Crippen molar-refractivity contribution in [2.45, 2.75) is 25.3 Å². The van der Waals surface area contributed by atoms with Crippen molar-refractivity contribution in [3.05, 3.63) is 4.88 Å². The van der Waals surface area contributed by atoms with Crippen LogP contribution in [-0.2, 0) is 4.79 Å². The molecule has 2 aliphatic rings. The molecule has 0 spiro atoms. The smallest absolute Gasteiger partial charge is 0.268 e. The van der Waals surface area contributed by atoms with Crippen LogP contribution >= 0.6 is 11.3 Å². The molecule has 2 heterocycles. The Balaban J connectivity index is 1.70. The molecule has 21 heavy (non-hydrogen) atoms. The number of thiazole rings is 1. The number of nitrogens with one attached hydrogen (secondary N) is 1. The second-order valence-electron chi connectivity index (χ2n) is 5.55. The van der Waals surface area contributed by atoms with Gasteiger partial charge in [-0.15, -0.1) is 0 Å². The Labute approximate surface area is 127 Å². The van der Waals surface area contributed by atoms with Gasteiger partial charge in [-0.2, -0.15) is 0 Å². The van der Waals surface area contributed by atoms with Crippen molar-refractivity contribution in [3.8, 4) is 0 Å². The Hall–Kier alpha value is -1.83. The number of carbonyl (C=O) groups excluding carboxylic acids is 2. The van der Waals surface area contributed by atoms with Crippen molar-refractivity contribution in [1.29, 1.82) is 0 Å². The monoisotopic (exact) mass is 309 g/mol. The molecule has 1 saturated heterocycles. The fourth-order valence-corrected chi connectivity index (χ4v) is 3.28. The van der Waals surface area contributed by atoms with Crippen LogP contribution in [-0.4, -0.2) is 59.3 Å². The number of carbonyl (C=O) groups is 2. The minimum Gasteiger partial charge on any atom is -0.382 e. The zero-order chi connectivity index (χ0) is 15.0. The molecule has 114 valence electrons. The minimum atomic E-state index is -0.201. The number of rotatable bonds is 3. The molecule has 1 aliphatic heterocycles. The molecule has 3 N–H and O–H groups in total. The molecule has 0 atom stereocenters. The first kappa shape index (κ1) is 14.1. The molecule has 1 aliphatic carbocycles. The van der Waals surface area contributed by atoms with Crippen molar-refractivity contribution >= 4 is 34.1 Å². The summed E-state index contributed by atoms with van der Waals surface area (Å²) >= 11 is 1.28. The molecule has 2 fully saturated rings. The van der Waals surface area contributed by atoms with Gasteiger partial charge in [0, 0.05) is 26.2 Å². The van der Waals surface area contributed by atoms with Crippen LogP contribution in [0.2, 0.25) is 0 Å². The van der Waals surface area contributed by atoms with Gasteiger partial charge in [-0.05, 0) is 19.3 Å². The van der Waals surface area contributed by atoms with E-state index in [2.05, 4.69) is 10.3 Å². The molecular weight excluding hydrogens is 290 g/mol. The van der Waals surface area contributed by atoms with Gasteiger partial charge in [0.2, 0.25) is 5.91 Å². The summed E-state index contributed by atoms with van der Waals surface area (Å²) in [5, 5.41) is 3.99. The van der Waals surface area contributed by atoms with Crippen molar-refractivity contribution in [2.24, 2.45) is 0 Å². The molecule has 0 bridgehead atoms. The van der Waals surface area contributed by atoms with Crippen LogP contribution in [0, 0.1) is 0 Å². The number of amides is 2. The highest BCUT2D eigenvalue weighted by atomic mass is 32.1. The van der Waals surface area contributed by atoms with Crippen LogP contribution in [0.15, 0.2) is 0 Å². The summed E-state index contributed by atoms with van der Waals surface area (Å²) in [5.41, 5.74) is 5.86. The topological polar surface area (TPSA) is 91.6 Å². The highest BCUT2D eigenvalue weighted by Crippen LogP contribution is 2.30. The minimum absolute atomic E-state index is 0.0505. The normalized spacial score (nSPS) is 19.6. The fraction of sp³-hybridized carbons (Fsp3) is 0.615. The zero-order valence-electron chi connectivity index (χ0n) is 12.0. The summed E-state index contributed by atoms with van der Waals surface area (Å²) in [5.74, 6) is -0.00295. The second-order valence-corrected chi connectivity index (χ2v) is 6.55. The van der Waals surface area contributed by atoms with E-state index < -0.39 is 0 Å². The molecule has 0 unspecified atom stereocenters. The lowest BCUT2D eigenvalue weighted by molar-refractivity contribution is -0.133. The van der Waals surface area contributed by atoms with E-state index in [0.717, 1.165) is 12.8 Å². The van der Waals surface area contributed by atoms with E-state index >= 15 is 0 Å². The number of nitrogen functional groups attached to an aromatic ring is 1. The van der Waals surface area contributed by atoms with E-state index in [1.54, 1.807) is 16.8 Å². The molecule has 1 aromatic rings. The molecule has 0 aromatic carbocycles. The Morgan fingerprint density at radius 2 is 2.19 bits per heavy atom. The summed E-state index contributed by atoms with van der Waals surface area (Å²) < 4.78 is 0. The zero-order valence-corrected chi connectivity index (χ0v) is 12.8. The van der Waals surface area contributed by atoms with Gasteiger partial charge in [-0.25, -0.2) is 4.98 Å². The Morgan fingerprint density at radius 3 is 2.81 bits per heavy atom. The van der Waals surface area contributed by atoms with Gasteiger partial charge in [0.1, 0.15) is 17.2 Å². The Bertz CT molecular complexity index is 569. The van der Waals surface area contributed by atoms with Crippen LogP contribution in [0.5, 0.6) is 0 Å². The fourth-order valence-electron chi connectivity index (χ4n) is 2.35. The third-order valence-corrected chi connectivity index (χ3v) is 5.02. The Kier molecular flexibility index (Phi) is 3.71. The Morgan fingerprint density at radius 1 is 1.43 bits per heavy atom. The van der Waals surface area contributed by atoms with Crippen LogP contribution in [0.25, 0.3) is 0 Å². The van der Waals surface area contributed by atoms with Crippen molar-refractivity contribution in [3.63, 3.8) is 0 Å². The first-order chi connectivity index (χ1) is 10.0. The number of aromatic nitrogens is 1. The number of hydrogen-bond acceptors (Lipinski definition) is 6. The number of piperazine rings is 1. The lowest BCUT2D eigenvalue weighted by Crippen LogP contribution is -2.50. The summed E-state index contributed by atoms with van der Waals surface area (Å²) in [6.45, 7) is 1.19. The number of hydrogen-bond donors (Lipinski definition) is 2. The van der Waals surface area contributed by atoms with Gasteiger partial charge in [-0.3, -0.25) is 9.59 Å². The van der Waals surface area contributed by atoms with E-state index in [0.29, 0.717) is 29.1 Å². The third-order valence-electron chi connectivity index (χ3n) is 4.02. The van der Waals surface area contributed by atoms with Gasteiger partial charge in [0.05, 0.1) is 0 Å². The van der Waals surface area contributed by atoms with Gasteiger partial charge in [-0.1, -0.05) is 11.3 Å². The van der Waals surface area contributed by atoms with E-state index in [-0.39, 0.29) is 24.2 Å². The summed E-state index contributed by atoms with van der Waals surface area (Å²) in [6.07, 6.45) is 3.50. The van der Waals surface area contributed by atoms with Crippen LogP contribution in [0.1, 0.15) is 28.9 Å². The molecule has 8 heteroatoms. The average molecular weight is 309 g/mol. The number of nitrogens with two attached hydrogens (primary N) is 1. The highest BCUT2D eigenvalue weighted by molar-refractivity contribution is 7.18. The van der Waals surface area contributed by atoms with E-state index in [1.807, 2.05) is 0 Å². The average Bonchev–Trinajstić information content (AvgIpc) is 2.77. The largest absolute Gasteiger partial charge is 0.382 e. The maximum absolute atomic E-state index is 12.5. The van der Waals surface area contributed by atoms with Crippen LogP contribution in [0.4, 0.5) is 10.9 Å². The first-order valence-corrected chi connectivity index (χ1v) is 7.92. The van der Waals surface area contributed by atoms with Crippen LogP contribution in [0.3, 0.4) is 0 Å². The summed E-state index contributed by atoms with van der Waals surface area (Å²) in [7, 11) is 1.74. The van der Waals surface area contributed by atoms with Crippen molar-refractivity contribution in [1.82, 2.24) is 14.8 Å². The summed E-state index contributed by atoms with van der Waals surface area (Å²) in [6, 6.07) is 0.448. The van der Waals surface area contributed by atoms with E-state index in [9.17, 15) is 9.59 Å². The second kappa shape index (κ2) is 5.51. The predicted molar refractivity (Wildman–Crippen MR) is 81.3 cm³/mol. The highest BCUT2D eigenvalue weighted by Gasteiger charge is 2.29. The molecule has 2 amide bonds. The molecule has 7 nitrogen and oxygen atoms in total. The SMILES string of the molecule is CN1CCN(C(=O)c2sc(NC3CCC3)nc2N)CC1=O. The van der Waals surface area contributed by atoms with Gasteiger partial charge >= 0.3 is 0 Å². The van der Waals surface area contributed by atoms with Gasteiger partial charge < -0.3 is 20.9 Å². The van der Waals surface area contributed by atoms with Gasteiger partial charge in [0.15, 0.2) is 5.13 Å². The first-order valence-electron chi connectivity index (χ1n) is 7.10. The molecular formula is C13H19N5O2S. The molecule has 0 radical (unpaired) electrons.